The van der Waals surface area contributed by atoms with Gasteiger partial charge in [-0.3, -0.25) is 24.0 Å². The van der Waals surface area contributed by atoms with Crippen molar-refractivity contribution in [3.05, 3.63) is 71.3 Å². The van der Waals surface area contributed by atoms with E-state index >= 15 is 4.39 Å². The van der Waals surface area contributed by atoms with Crippen LogP contribution in [0.1, 0.15) is 23.3 Å². The molecular weight excluding hydrogens is 512 g/mol. The van der Waals surface area contributed by atoms with Crippen LogP contribution in [0.5, 0.6) is 0 Å². The zero-order valence-electron chi connectivity index (χ0n) is 21.1. The number of piperazine rings is 1. The fraction of sp³-hybridized carbons (Fsp3) is 0.333. The van der Waals surface area contributed by atoms with E-state index in [0.717, 1.165) is 11.6 Å². The van der Waals surface area contributed by atoms with Crippen LogP contribution >= 0.6 is 11.8 Å². The highest BCUT2D eigenvalue weighted by molar-refractivity contribution is 8.00. The summed E-state index contributed by atoms with van der Waals surface area (Å²) >= 11 is 1.22. The van der Waals surface area contributed by atoms with E-state index in [-0.39, 0.29) is 35.6 Å². The second-order valence-electron chi connectivity index (χ2n) is 9.30. The van der Waals surface area contributed by atoms with E-state index in [9.17, 15) is 18.8 Å². The first kappa shape index (κ1) is 25.9. The average Bonchev–Trinajstić information content (AvgIpc) is 3.17. The second kappa shape index (κ2) is 10.6. The molecule has 0 bridgehead atoms. The van der Waals surface area contributed by atoms with Crippen LogP contribution in [-0.2, 0) is 21.4 Å². The Morgan fingerprint density at radius 3 is 2.37 bits per heavy atom. The number of anilines is 1. The van der Waals surface area contributed by atoms with Crippen molar-refractivity contribution in [3.63, 3.8) is 0 Å². The first-order valence-electron chi connectivity index (χ1n) is 12.3. The minimum atomic E-state index is -0.711. The van der Waals surface area contributed by atoms with Crippen molar-refractivity contribution >= 4 is 35.3 Å². The number of hydrogen-bond acceptors (Lipinski definition) is 5. The molecule has 0 spiro atoms. The van der Waals surface area contributed by atoms with Crippen LogP contribution in [0, 0.1) is 11.6 Å². The van der Waals surface area contributed by atoms with Crippen molar-refractivity contribution in [1.82, 2.24) is 19.6 Å². The van der Waals surface area contributed by atoms with Gasteiger partial charge in [0.05, 0.1) is 16.7 Å². The number of carbonyl (C=O) groups is 3. The summed E-state index contributed by atoms with van der Waals surface area (Å²) in [5.41, 5.74) is 2.17. The summed E-state index contributed by atoms with van der Waals surface area (Å²) in [6.45, 7) is 2.93. The number of thioether (sulfide) groups is 1. The highest BCUT2D eigenvalue weighted by atomic mass is 32.2. The van der Waals surface area contributed by atoms with Gasteiger partial charge in [-0.05, 0) is 6.07 Å². The number of aryl methyl sites for hydroxylation is 1. The average molecular weight is 540 g/mol. The lowest BCUT2D eigenvalue weighted by molar-refractivity contribution is -0.137. The van der Waals surface area contributed by atoms with Gasteiger partial charge in [0.1, 0.15) is 24.0 Å². The predicted octanol–water partition coefficient (Wildman–Crippen LogP) is 3.23. The Morgan fingerprint density at radius 2 is 1.71 bits per heavy atom. The molecule has 0 aliphatic carbocycles. The highest BCUT2D eigenvalue weighted by Crippen LogP contribution is 2.48. The van der Waals surface area contributed by atoms with Crippen molar-refractivity contribution in [2.75, 3.05) is 43.4 Å². The number of amides is 3. The molecule has 2 aliphatic rings. The molecule has 3 aromatic rings. The summed E-state index contributed by atoms with van der Waals surface area (Å²) in [4.78, 5) is 43.2. The molecule has 11 heteroatoms. The molecule has 2 aromatic carbocycles. The summed E-state index contributed by atoms with van der Waals surface area (Å²) < 4.78 is 30.4. The Bertz CT molecular complexity index is 1390. The Balaban J connectivity index is 1.56. The molecule has 8 nitrogen and oxygen atoms in total. The lowest BCUT2D eigenvalue weighted by Gasteiger charge is -2.35. The number of nitrogens with zero attached hydrogens (tertiary/aromatic N) is 5. The van der Waals surface area contributed by atoms with E-state index in [1.165, 1.54) is 35.7 Å². The summed E-state index contributed by atoms with van der Waals surface area (Å²) in [5, 5.41) is 4.05. The molecule has 0 saturated carbocycles. The Morgan fingerprint density at radius 1 is 1.03 bits per heavy atom. The van der Waals surface area contributed by atoms with Gasteiger partial charge in [0.15, 0.2) is 0 Å². The van der Waals surface area contributed by atoms with Crippen LogP contribution in [0.15, 0.2) is 48.5 Å². The molecule has 3 amide bonds. The van der Waals surface area contributed by atoms with Gasteiger partial charge in [-0.2, -0.15) is 5.10 Å². The van der Waals surface area contributed by atoms with Gasteiger partial charge in [-0.25, -0.2) is 8.78 Å². The van der Waals surface area contributed by atoms with Gasteiger partial charge in [0.2, 0.25) is 17.7 Å². The summed E-state index contributed by atoms with van der Waals surface area (Å²) in [6, 6.07) is 12.8. The van der Waals surface area contributed by atoms with Gasteiger partial charge in [-0.1, -0.05) is 36.4 Å². The Kier molecular flexibility index (Phi) is 7.20. The van der Waals surface area contributed by atoms with E-state index in [0.29, 0.717) is 43.3 Å². The third kappa shape index (κ3) is 4.90. The van der Waals surface area contributed by atoms with Gasteiger partial charge in [-0.15, -0.1) is 11.8 Å². The number of hydrogen-bond donors (Lipinski definition) is 0. The molecule has 3 heterocycles. The van der Waals surface area contributed by atoms with E-state index < -0.39 is 16.9 Å². The minimum Gasteiger partial charge on any atom is -0.339 e. The third-order valence-corrected chi connectivity index (χ3v) is 8.14. The van der Waals surface area contributed by atoms with E-state index in [4.69, 9.17) is 5.10 Å². The van der Waals surface area contributed by atoms with Gasteiger partial charge in [0, 0.05) is 62.9 Å². The number of fused-ring (bicyclic) bond motifs is 1. The molecule has 1 fully saturated rings. The summed E-state index contributed by atoms with van der Waals surface area (Å²) in [5.74, 6) is -1.59. The van der Waals surface area contributed by atoms with Gasteiger partial charge < -0.3 is 9.80 Å². The minimum absolute atomic E-state index is 0.00418. The maximum Gasteiger partial charge on any atom is 0.242 e. The van der Waals surface area contributed by atoms with Crippen LogP contribution in [0.2, 0.25) is 0 Å². The SMILES string of the molecule is CC(=O)N1CCN(C(=O)CN2C(=O)CS[C@H](c3ccc(F)cc3F)c3c(-c4ccccc4)nn(C)c32)CC1. The summed E-state index contributed by atoms with van der Waals surface area (Å²) in [6.07, 6.45) is 0. The number of aromatic nitrogens is 2. The normalized spacial score (nSPS) is 17.8. The quantitative estimate of drug-likeness (QED) is 0.509. The molecule has 0 unspecified atom stereocenters. The van der Waals surface area contributed by atoms with E-state index in [1.54, 1.807) is 21.5 Å². The Hall–Kier alpha value is -3.73. The van der Waals surface area contributed by atoms with Gasteiger partial charge in [0.25, 0.3) is 0 Å². The first-order chi connectivity index (χ1) is 18.2. The van der Waals surface area contributed by atoms with Gasteiger partial charge >= 0.3 is 0 Å². The molecule has 0 radical (unpaired) electrons. The fourth-order valence-corrected chi connectivity index (χ4v) is 6.18. The smallest absolute Gasteiger partial charge is 0.242 e. The predicted molar refractivity (Wildman–Crippen MR) is 140 cm³/mol. The van der Waals surface area contributed by atoms with E-state index in [2.05, 4.69) is 0 Å². The zero-order valence-corrected chi connectivity index (χ0v) is 21.9. The van der Waals surface area contributed by atoms with Crippen molar-refractivity contribution in [2.45, 2.75) is 12.2 Å². The largest absolute Gasteiger partial charge is 0.339 e. The highest BCUT2D eigenvalue weighted by Gasteiger charge is 2.38. The van der Waals surface area contributed by atoms with Crippen LogP contribution in [0.4, 0.5) is 14.6 Å². The topological polar surface area (TPSA) is 78.8 Å². The molecule has 198 valence electrons. The zero-order chi connectivity index (χ0) is 27.0. The second-order valence-corrected chi connectivity index (χ2v) is 10.4. The number of rotatable bonds is 4. The maximum atomic E-state index is 15.1. The molecule has 38 heavy (non-hydrogen) atoms. The lowest BCUT2D eigenvalue weighted by Crippen LogP contribution is -2.53. The molecular formula is C27H27F2N5O3S. The van der Waals surface area contributed by atoms with Crippen LogP contribution < -0.4 is 4.90 Å². The number of benzene rings is 2. The molecule has 1 atom stereocenters. The molecule has 5 rings (SSSR count). The third-order valence-electron chi connectivity index (χ3n) is 6.91. The summed E-state index contributed by atoms with van der Waals surface area (Å²) in [7, 11) is 1.69. The molecule has 2 aliphatic heterocycles. The first-order valence-corrected chi connectivity index (χ1v) is 13.3. The van der Waals surface area contributed by atoms with Crippen molar-refractivity contribution in [1.29, 1.82) is 0 Å². The van der Waals surface area contributed by atoms with E-state index in [1.807, 2.05) is 30.3 Å². The standard InChI is InChI=1S/C27H27F2N5O3S/c1-17(35)32-10-12-33(13-11-32)22(36)15-34-23(37)16-38-26(20-9-8-19(28)14-21(20)29)24-25(30-31(2)27(24)34)18-6-4-3-5-7-18/h3-9,14,26H,10-13,15-16H2,1-2H3/t26-/m1/s1. The number of halogens is 2. The fourth-order valence-electron chi connectivity index (χ4n) is 4.96. The molecule has 0 N–H and O–H groups in total. The van der Waals surface area contributed by atoms with Crippen molar-refractivity contribution in [3.8, 4) is 11.3 Å². The van der Waals surface area contributed by atoms with Crippen LogP contribution in [0.3, 0.4) is 0 Å². The number of carbonyl (C=O) groups excluding carboxylic acids is 3. The lowest BCUT2D eigenvalue weighted by atomic mass is 9.99. The Labute approximate surface area is 223 Å². The van der Waals surface area contributed by atoms with Crippen molar-refractivity contribution < 1.29 is 23.2 Å². The van der Waals surface area contributed by atoms with Crippen molar-refractivity contribution in [2.24, 2.45) is 7.05 Å². The monoisotopic (exact) mass is 539 g/mol. The van der Waals surface area contributed by atoms with Crippen LogP contribution in [0.25, 0.3) is 11.3 Å². The van der Waals surface area contributed by atoms with Crippen LogP contribution in [-0.4, -0.2) is 75.8 Å². The maximum absolute atomic E-state index is 15.1. The molecule has 1 saturated heterocycles. The molecule has 1 aromatic heterocycles.